The van der Waals surface area contributed by atoms with E-state index < -0.39 is 13.9 Å². The lowest BCUT2D eigenvalue weighted by atomic mass is 9.93. The Morgan fingerprint density at radius 1 is 1.12 bits per heavy atom. The monoisotopic (exact) mass is 409 g/mol. The Labute approximate surface area is 163 Å². The molecular weight excluding hydrogens is 389 g/mol. The van der Waals surface area contributed by atoms with Crippen molar-refractivity contribution in [2.45, 2.75) is 38.3 Å². The van der Waals surface area contributed by atoms with Gasteiger partial charge in [0.15, 0.2) is 8.32 Å². The van der Waals surface area contributed by atoms with Gasteiger partial charge in [-0.2, -0.15) is 5.10 Å². The minimum Gasteiger partial charge on any atom is -0.404 e. The molecule has 0 amide bonds. The number of hydrogen-bond acceptors (Lipinski definition) is 4. The van der Waals surface area contributed by atoms with Gasteiger partial charge in [-0.05, 0) is 31.8 Å². The summed E-state index contributed by atoms with van der Waals surface area (Å²) in [5.74, 6) is 0. The number of hydrogen-bond donors (Lipinski definition) is 0. The molecule has 1 unspecified atom stereocenters. The van der Waals surface area contributed by atoms with E-state index in [-0.39, 0.29) is 0 Å². The van der Waals surface area contributed by atoms with Gasteiger partial charge in [0.25, 0.3) is 0 Å². The van der Waals surface area contributed by atoms with Crippen LogP contribution in [0.5, 0.6) is 0 Å². The van der Waals surface area contributed by atoms with Gasteiger partial charge in [-0.25, -0.2) is 14.6 Å². The molecule has 1 atom stereocenters. The van der Waals surface area contributed by atoms with E-state index in [9.17, 15) is 0 Å². The van der Waals surface area contributed by atoms with Crippen LogP contribution in [0.4, 0.5) is 0 Å². The van der Waals surface area contributed by atoms with Gasteiger partial charge in [-0.15, -0.1) is 0 Å². The van der Waals surface area contributed by atoms with Crippen molar-refractivity contribution in [3.8, 4) is 0 Å². The molecule has 2 aromatic heterocycles. The molecule has 0 aliphatic rings. The van der Waals surface area contributed by atoms with Crippen LogP contribution in [0.1, 0.15) is 5.56 Å². The van der Waals surface area contributed by atoms with E-state index in [0.717, 1.165) is 5.56 Å². The predicted molar refractivity (Wildman–Crippen MR) is 105 cm³/mol. The zero-order chi connectivity index (χ0) is 18.8. The molecule has 0 bridgehead atoms. The SMILES string of the molecule is C[Si](C)(C)OC(Cn1ccnc1)(Cn1cncn1)c1ccc(Cl)cc1Cl. The second-order valence-corrected chi connectivity index (χ2v) is 12.4. The maximum atomic E-state index is 6.75. The third kappa shape index (κ3) is 4.53. The lowest BCUT2D eigenvalue weighted by Gasteiger charge is -2.40. The number of benzene rings is 1. The molecule has 3 aromatic rings. The zero-order valence-corrected chi connectivity index (χ0v) is 17.4. The van der Waals surface area contributed by atoms with Crippen LogP contribution in [0.3, 0.4) is 0 Å². The Hall–Kier alpha value is -1.67. The van der Waals surface area contributed by atoms with Gasteiger partial charge < -0.3 is 8.99 Å². The molecule has 0 saturated heterocycles. The van der Waals surface area contributed by atoms with Crippen molar-refractivity contribution >= 4 is 31.5 Å². The Bertz CT molecular complexity index is 810. The Kier molecular flexibility index (Phi) is 5.52. The van der Waals surface area contributed by atoms with Crippen LogP contribution in [0.15, 0.2) is 49.6 Å². The fourth-order valence-corrected chi connectivity index (χ4v) is 5.03. The Balaban J connectivity index is 2.14. The number of imidazole rings is 1. The molecule has 138 valence electrons. The minimum atomic E-state index is -1.97. The van der Waals surface area contributed by atoms with Crippen LogP contribution in [0.2, 0.25) is 29.7 Å². The average Bonchev–Trinajstić information content (AvgIpc) is 3.19. The maximum absolute atomic E-state index is 6.75. The zero-order valence-electron chi connectivity index (χ0n) is 14.9. The van der Waals surface area contributed by atoms with Crippen LogP contribution in [-0.2, 0) is 23.1 Å². The van der Waals surface area contributed by atoms with Crippen molar-refractivity contribution < 1.29 is 4.43 Å². The molecule has 0 N–H and O–H groups in total. The van der Waals surface area contributed by atoms with E-state index in [1.165, 1.54) is 6.33 Å². The van der Waals surface area contributed by atoms with Crippen LogP contribution >= 0.6 is 23.2 Å². The van der Waals surface area contributed by atoms with Crippen molar-refractivity contribution in [1.29, 1.82) is 0 Å². The highest BCUT2D eigenvalue weighted by molar-refractivity contribution is 6.69. The molecule has 2 heterocycles. The van der Waals surface area contributed by atoms with Gasteiger partial charge in [0, 0.05) is 28.0 Å². The topological polar surface area (TPSA) is 57.8 Å². The summed E-state index contributed by atoms with van der Waals surface area (Å²) in [6, 6.07) is 5.51. The number of rotatable bonds is 7. The predicted octanol–water partition coefficient (Wildman–Crippen LogP) is 4.23. The number of aromatic nitrogens is 5. The molecule has 1 aromatic carbocycles. The normalized spacial score (nSPS) is 14.3. The van der Waals surface area contributed by atoms with Crippen molar-refractivity contribution in [3.05, 3.63) is 65.2 Å². The second-order valence-electron chi connectivity index (χ2n) is 7.16. The summed E-state index contributed by atoms with van der Waals surface area (Å²) >= 11 is 12.7. The van der Waals surface area contributed by atoms with Crippen LogP contribution in [0.25, 0.3) is 0 Å². The summed E-state index contributed by atoms with van der Waals surface area (Å²) in [6.45, 7) is 7.47. The molecule has 0 aliphatic heterocycles. The van der Waals surface area contributed by atoms with Crippen molar-refractivity contribution in [1.82, 2.24) is 24.3 Å². The summed E-state index contributed by atoms with van der Waals surface area (Å²) < 4.78 is 10.5. The Morgan fingerprint density at radius 2 is 1.92 bits per heavy atom. The van der Waals surface area contributed by atoms with E-state index in [1.807, 2.05) is 22.9 Å². The average molecular weight is 410 g/mol. The van der Waals surface area contributed by atoms with E-state index in [2.05, 4.69) is 34.7 Å². The molecule has 0 aliphatic carbocycles. The number of halogens is 2. The summed E-state index contributed by atoms with van der Waals surface area (Å²) in [6.07, 6.45) is 8.62. The Morgan fingerprint density at radius 3 is 2.50 bits per heavy atom. The van der Waals surface area contributed by atoms with Crippen molar-refractivity contribution in [2.24, 2.45) is 0 Å². The molecular formula is C17H21Cl2N5OSi. The fourth-order valence-electron chi connectivity index (χ4n) is 3.04. The first-order valence-corrected chi connectivity index (χ1v) is 12.4. The smallest absolute Gasteiger partial charge is 0.185 e. The lowest BCUT2D eigenvalue weighted by molar-refractivity contribution is 0.0171. The number of nitrogens with zero attached hydrogens (tertiary/aromatic N) is 5. The first-order chi connectivity index (χ1) is 12.3. The second kappa shape index (κ2) is 7.52. The summed E-state index contributed by atoms with van der Waals surface area (Å²) in [4.78, 5) is 8.22. The molecule has 0 spiro atoms. The van der Waals surface area contributed by atoms with Crippen molar-refractivity contribution in [2.75, 3.05) is 0 Å². The summed E-state index contributed by atoms with van der Waals surface area (Å²) in [5.41, 5.74) is 0.135. The first-order valence-electron chi connectivity index (χ1n) is 8.21. The van der Waals surface area contributed by atoms with E-state index >= 15 is 0 Å². The van der Waals surface area contributed by atoms with Crippen LogP contribution in [0, 0.1) is 0 Å². The first kappa shape index (κ1) is 19.1. The molecule has 0 radical (unpaired) electrons. The molecule has 0 fully saturated rings. The summed E-state index contributed by atoms with van der Waals surface area (Å²) in [7, 11) is -1.97. The van der Waals surface area contributed by atoms with Crippen LogP contribution in [-0.4, -0.2) is 32.6 Å². The third-order valence-corrected chi connectivity index (χ3v) is 5.36. The molecule has 26 heavy (non-hydrogen) atoms. The van der Waals surface area contributed by atoms with Crippen molar-refractivity contribution in [3.63, 3.8) is 0 Å². The van der Waals surface area contributed by atoms with Crippen LogP contribution < -0.4 is 0 Å². The van der Waals surface area contributed by atoms with Gasteiger partial charge in [0.05, 0.1) is 19.4 Å². The largest absolute Gasteiger partial charge is 0.404 e. The highest BCUT2D eigenvalue weighted by Gasteiger charge is 2.40. The van der Waals surface area contributed by atoms with Gasteiger partial charge in [0.2, 0.25) is 0 Å². The highest BCUT2D eigenvalue weighted by atomic mass is 35.5. The van der Waals surface area contributed by atoms with Gasteiger partial charge in [0.1, 0.15) is 18.3 Å². The minimum absolute atomic E-state index is 0.469. The van der Waals surface area contributed by atoms with Gasteiger partial charge in [-0.3, -0.25) is 0 Å². The van der Waals surface area contributed by atoms with E-state index in [1.54, 1.807) is 29.6 Å². The van der Waals surface area contributed by atoms with Gasteiger partial charge in [-0.1, -0.05) is 29.3 Å². The van der Waals surface area contributed by atoms with Gasteiger partial charge >= 0.3 is 0 Å². The quantitative estimate of drug-likeness (QED) is 0.547. The third-order valence-electron chi connectivity index (χ3n) is 3.80. The standard InChI is InChI=1S/C17H21Cl2N5OSi/c1-26(2,3)25-17(9-23-7-6-20-12-23,10-24-13-21-11-22-24)15-5-4-14(18)8-16(15)19/h4-8,11-13H,9-10H2,1-3H3. The van der Waals surface area contributed by atoms with E-state index in [4.69, 9.17) is 27.6 Å². The molecule has 6 nitrogen and oxygen atoms in total. The molecule has 0 saturated carbocycles. The summed E-state index contributed by atoms with van der Waals surface area (Å²) in [5, 5.41) is 5.43. The maximum Gasteiger partial charge on any atom is 0.185 e. The lowest BCUT2D eigenvalue weighted by Crippen LogP contribution is -2.46. The highest BCUT2D eigenvalue weighted by Crippen LogP contribution is 2.38. The molecule has 9 heteroatoms. The molecule has 3 rings (SSSR count). The van der Waals surface area contributed by atoms with E-state index in [0.29, 0.717) is 23.1 Å². The fraction of sp³-hybridized carbons (Fsp3) is 0.353.